The highest BCUT2D eigenvalue weighted by Gasteiger charge is 2.46. The van der Waals surface area contributed by atoms with Crippen molar-refractivity contribution in [2.24, 2.45) is 11.1 Å². The van der Waals surface area contributed by atoms with Crippen molar-refractivity contribution in [1.29, 1.82) is 0 Å². The summed E-state index contributed by atoms with van der Waals surface area (Å²) in [5.41, 5.74) is 7.50. The maximum atomic E-state index is 11.9. The fourth-order valence-electron chi connectivity index (χ4n) is 1.79. The predicted molar refractivity (Wildman–Crippen MR) is 64.0 cm³/mol. The van der Waals surface area contributed by atoms with Gasteiger partial charge in [-0.05, 0) is 29.5 Å². The number of nitrogens with two attached hydrogens (primary N) is 1. The molecule has 1 amide bonds. The summed E-state index contributed by atoms with van der Waals surface area (Å²) in [4.78, 5) is 11.9. The third kappa shape index (κ3) is 2.25. The first-order chi connectivity index (χ1) is 7.53. The predicted octanol–water partition coefficient (Wildman–Crippen LogP) is 1.67. The van der Waals surface area contributed by atoms with Crippen LogP contribution >= 0.6 is 0 Å². The molecule has 1 aromatic carbocycles. The summed E-state index contributed by atoms with van der Waals surface area (Å²) in [6.07, 6.45) is 1.06. The zero-order valence-electron chi connectivity index (χ0n) is 9.79. The van der Waals surface area contributed by atoms with Crippen LogP contribution in [0.3, 0.4) is 0 Å². The first kappa shape index (κ1) is 11.1. The Labute approximate surface area is 96.0 Å². The molecule has 0 heterocycles. The van der Waals surface area contributed by atoms with Gasteiger partial charge in [0, 0.05) is 18.2 Å². The number of carbonyl (C=O) groups excluding carboxylic acids is 1. The van der Waals surface area contributed by atoms with E-state index < -0.39 is 0 Å². The van der Waals surface area contributed by atoms with Crippen LogP contribution in [0.15, 0.2) is 24.3 Å². The largest absolute Gasteiger partial charge is 0.349 e. The Morgan fingerprint density at radius 3 is 2.81 bits per heavy atom. The summed E-state index contributed by atoms with van der Waals surface area (Å²) in [7, 11) is 0. The normalized spacial score (nSPS) is 21.6. The maximum Gasteiger partial charge on any atom is 0.251 e. The molecule has 0 spiro atoms. The lowest BCUT2D eigenvalue weighted by atomic mass is 10.1. The number of amides is 1. The molecular weight excluding hydrogens is 200 g/mol. The Morgan fingerprint density at radius 1 is 1.56 bits per heavy atom. The third-order valence-corrected chi connectivity index (χ3v) is 3.24. The molecule has 3 heteroatoms. The number of carbonyl (C=O) groups is 1. The van der Waals surface area contributed by atoms with E-state index in [0.29, 0.717) is 18.2 Å². The fourth-order valence-corrected chi connectivity index (χ4v) is 1.79. The molecule has 0 aromatic heterocycles. The summed E-state index contributed by atoms with van der Waals surface area (Å²) in [6.45, 7) is 4.79. The monoisotopic (exact) mass is 218 g/mol. The highest BCUT2D eigenvalue weighted by Crippen LogP contribution is 2.44. The Balaban J connectivity index is 2.04. The summed E-state index contributed by atoms with van der Waals surface area (Å²) in [5.74, 6) is 0.00544. The molecular formula is C13H18N2O. The van der Waals surface area contributed by atoms with Crippen LogP contribution in [0.1, 0.15) is 36.2 Å². The van der Waals surface area contributed by atoms with Crippen LogP contribution in [0.25, 0.3) is 0 Å². The zero-order valence-corrected chi connectivity index (χ0v) is 9.79. The van der Waals surface area contributed by atoms with E-state index in [1.54, 1.807) is 0 Å². The Morgan fingerprint density at radius 2 is 2.25 bits per heavy atom. The van der Waals surface area contributed by atoms with Crippen molar-refractivity contribution < 1.29 is 4.79 Å². The van der Waals surface area contributed by atoms with Crippen molar-refractivity contribution in [2.75, 3.05) is 0 Å². The summed E-state index contributed by atoms with van der Waals surface area (Å²) in [5, 5.41) is 3.03. The van der Waals surface area contributed by atoms with Crippen LogP contribution in [0, 0.1) is 5.41 Å². The van der Waals surface area contributed by atoms with E-state index in [1.165, 1.54) is 0 Å². The first-order valence-corrected chi connectivity index (χ1v) is 5.63. The average molecular weight is 218 g/mol. The second-order valence-electron chi connectivity index (χ2n) is 5.12. The van der Waals surface area contributed by atoms with Gasteiger partial charge in [0.2, 0.25) is 0 Å². The Kier molecular flexibility index (Phi) is 2.72. The van der Waals surface area contributed by atoms with Gasteiger partial charge in [-0.1, -0.05) is 26.0 Å². The first-order valence-electron chi connectivity index (χ1n) is 5.63. The molecule has 3 N–H and O–H groups in total. The lowest BCUT2D eigenvalue weighted by Crippen LogP contribution is -2.28. The van der Waals surface area contributed by atoms with E-state index in [-0.39, 0.29) is 11.3 Å². The maximum absolute atomic E-state index is 11.9. The van der Waals surface area contributed by atoms with E-state index in [2.05, 4.69) is 19.2 Å². The minimum absolute atomic E-state index is 0.00544. The highest BCUT2D eigenvalue weighted by molar-refractivity contribution is 5.94. The van der Waals surface area contributed by atoms with Crippen LogP contribution in [-0.4, -0.2) is 11.9 Å². The molecule has 1 aliphatic carbocycles. The number of benzene rings is 1. The third-order valence-electron chi connectivity index (χ3n) is 3.24. The molecule has 16 heavy (non-hydrogen) atoms. The second-order valence-corrected chi connectivity index (χ2v) is 5.12. The van der Waals surface area contributed by atoms with Crippen LogP contribution in [0.4, 0.5) is 0 Å². The van der Waals surface area contributed by atoms with Gasteiger partial charge < -0.3 is 11.1 Å². The van der Waals surface area contributed by atoms with E-state index in [1.807, 2.05) is 24.3 Å². The molecule has 0 radical (unpaired) electrons. The quantitative estimate of drug-likeness (QED) is 0.811. The molecule has 2 rings (SSSR count). The van der Waals surface area contributed by atoms with Crippen molar-refractivity contribution >= 4 is 5.91 Å². The van der Waals surface area contributed by atoms with Gasteiger partial charge in [-0.25, -0.2) is 0 Å². The lowest BCUT2D eigenvalue weighted by molar-refractivity contribution is 0.0946. The standard InChI is InChI=1S/C13H18N2O/c1-13(2)7-11(13)15-12(16)10-5-3-4-9(6-10)8-14/h3-6,11H,7-8,14H2,1-2H3,(H,15,16). The average Bonchev–Trinajstić information content (AvgIpc) is 2.86. The van der Waals surface area contributed by atoms with Gasteiger partial charge >= 0.3 is 0 Å². The number of nitrogens with one attached hydrogen (secondary N) is 1. The van der Waals surface area contributed by atoms with Gasteiger partial charge in [0.25, 0.3) is 5.91 Å². The van der Waals surface area contributed by atoms with Crippen molar-refractivity contribution in [2.45, 2.75) is 32.9 Å². The Hall–Kier alpha value is -1.35. The molecule has 1 aromatic rings. The minimum Gasteiger partial charge on any atom is -0.349 e. The van der Waals surface area contributed by atoms with Crippen LogP contribution in [0.5, 0.6) is 0 Å². The molecule has 1 atom stereocenters. The van der Waals surface area contributed by atoms with Crippen molar-refractivity contribution in [3.8, 4) is 0 Å². The molecule has 1 fully saturated rings. The van der Waals surface area contributed by atoms with Crippen LogP contribution in [0.2, 0.25) is 0 Å². The second kappa shape index (κ2) is 3.91. The van der Waals surface area contributed by atoms with Gasteiger partial charge in [0.05, 0.1) is 0 Å². The van der Waals surface area contributed by atoms with Gasteiger partial charge in [0.1, 0.15) is 0 Å². The molecule has 86 valence electrons. The van der Waals surface area contributed by atoms with Crippen LogP contribution in [-0.2, 0) is 6.54 Å². The summed E-state index contributed by atoms with van der Waals surface area (Å²) < 4.78 is 0. The van der Waals surface area contributed by atoms with Gasteiger partial charge in [-0.15, -0.1) is 0 Å². The minimum atomic E-state index is 0.00544. The lowest BCUT2D eigenvalue weighted by Gasteiger charge is -2.07. The van der Waals surface area contributed by atoms with E-state index in [9.17, 15) is 4.79 Å². The molecule has 3 nitrogen and oxygen atoms in total. The number of hydrogen-bond acceptors (Lipinski definition) is 2. The van der Waals surface area contributed by atoms with Crippen LogP contribution < -0.4 is 11.1 Å². The van der Waals surface area contributed by atoms with Gasteiger partial charge in [-0.3, -0.25) is 4.79 Å². The van der Waals surface area contributed by atoms with Crippen molar-refractivity contribution in [1.82, 2.24) is 5.32 Å². The van der Waals surface area contributed by atoms with Gasteiger partial charge in [-0.2, -0.15) is 0 Å². The molecule has 1 saturated carbocycles. The van der Waals surface area contributed by atoms with Crippen molar-refractivity contribution in [3.05, 3.63) is 35.4 Å². The van der Waals surface area contributed by atoms with E-state index >= 15 is 0 Å². The van der Waals surface area contributed by atoms with E-state index in [0.717, 1.165) is 12.0 Å². The highest BCUT2D eigenvalue weighted by atomic mass is 16.1. The molecule has 1 unspecified atom stereocenters. The smallest absolute Gasteiger partial charge is 0.251 e. The topological polar surface area (TPSA) is 55.1 Å². The molecule has 0 aliphatic heterocycles. The van der Waals surface area contributed by atoms with Gasteiger partial charge in [0.15, 0.2) is 0 Å². The molecule has 0 saturated heterocycles. The summed E-state index contributed by atoms with van der Waals surface area (Å²) >= 11 is 0. The number of hydrogen-bond donors (Lipinski definition) is 2. The fraction of sp³-hybridized carbons (Fsp3) is 0.462. The number of rotatable bonds is 3. The Bertz CT molecular complexity index is 412. The van der Waals surface area contributed by atoms with E-state index in [4.69, 9.17) is 5.73 Å². The molecule has 0 bridgehead atoms. The SMILES string of the molecule is CC1(C)CC1NC(=O)c1cccc(CN)c1. The molecule has 1 aliphatic rings. The van der Waals surface area contributed by atoms with Crippen molar-refractivity contribution in [3.63, 3.8) is 0 Å². The summed E-state index contributed by atoms with van der Waals surface area (Å²) in [6, 6.07) is 7.79. The zero-order chi connectivity index (χ0) is 11.8.